The summed E-state index contributed by atoms with van der Waals surface area (Å²) in [6.45, 7) is 5.60. The number of hydroxylamine groups is 3. The predicted molar refractivity (Wildman–Crippen MR) is 92.0 cm³/mol. The van der Waals surface area contributed by atoms with E-state index in [9.17, 15) is 5.21 Å². The molecule has 5 bridgehead atoms. The van der Waals surface area contributed by atoms with E-state index in [-0.39, 0.29) is 27.6 Å². The lowest BCUT2D eigenvalue weighted by atomic mass is 9.37. The minimum atomic E-state index is -0.186. The highest BCUT2D eigenvalue weighted by Crippen LogP contribution is 2.71. The van der Waals surface area contributed by atoms with E-state index in [1.165, 1.54) is 11.3 Å². The van der Waals surface area contributed by atoms with E-state index in [4.69, 9.17) is 9.73 Å². The van der Waals surface area contributed by atoms with Gasteiger partial charge in [-0.1, -0.05) is 24.3 Å². The molecule has 7 atom stereocenters. The monoisotopic (exact) mass is 322 g/mol. The maximum Gasteiger partial charge on any atom is 0.0968 e. The molecule has 1 aromatic carbocycles. The zero-order valence-corrected chi connectivity index (χ0v) is 13.9. The van der Waals surface area contributed by atoms with Crippen LogP contribution in [0.15, 0.2) is 41.9 Å². The van der Waals surface area contributed by atoms with E-state index in [1.54, 1.807) is 0 Å². The summed E-state index contributed by atoms with van der Waals surface area (Å²) in [5, 5.41) is 13.4. The van der Waals surface area contributed by atoms with Gasteiger partial charge in [0, 0.05) is 12.3 Å². The summed E-state index contributed by atoms with van der Waals surface area (Å²) in [6, 6.07) is 8.61. The first-order valence-corrected chi connectivity index (χ1v) is 9.03. The Morgan fingerprint density at radius 2 is 2.25 bits per heavy atom. The van der Waals surface area contributed by atoms with Gasteiger partial charge in [-0.15, -0.1) is 6.58 Å². The van der Waals surface area contributed by atoms with Gasteiger partial charge in [-0.2, -0.15) is 0 Å². The van der Waals surface area contributed by atoms with Crippen molar-refractivity contribution in [1.29, 1.82) is 0 Å². The summed E-state index contributed by atoms with van der Waals surface area (Å²) in [7, 11) is 1.86. The van der Waals surface area contributed by atoms with Gasteiger partial charge in [-0.05, 0) is 24.0 Å². The van der Waals surface area contributed by atoms with Gasteiger partial charge in [-0.25, -0.2) is 0 Å². The Morgan fingerprint density at radius 1 is 1.42 bits per heavy atom. The van der Waals surface area contributed by atoms with E-state index < -0.39 is 0 Å². The van der Waals surface area contributed by atoms with E-state index in [2.05, 4.69) is 36.9 Å². The van der Waals surface area contributed by atoms with E-state index in [0.29, 0.717) is 25.0 Å². The van der Waals surface area contributed by atoms with E-state index >= 15 is 0 Å². The Labute approximate surface area is 142 Å². The van der Waals surface area contributed by atoms with Crippen molar-refractivity contribution in [2.24, 2.45) is 22.2 Å². The lowest BCUT2D eigenvalue weighted by Crippen LogP contribution is -2.82. The van der Waals surface area contributed by atoms with Crippen LogP contribution >= 0.6 is 0 Å². The lowest BCUT2D eigenvalue weighted by molar-refractivity contribution is -0.915. The average Bonchev–Trinajstić information content (AvgIpc) is 2.89. The molecule has 4 nitrogen and oxygen atoms in total. The van der Waals surface area contributed by atoms with Crippen LogP contribution in [0.5, 0.6) is 0 Å². The molecule has 4 heteroatoms. The van der Waals surface area contributed by atoms with Gasteiger partial charge in [0.1, 0.15) is 0 Å². The second-order valence-electron chi connectivity index (χ2n) is 8.60. The fourth-order valence-corrected chi connectivity index (χ4v) is 7.17. The number of para-hydroxylation sites is 1. The van der Waals surface area contributed by atoms with Crippen molar-refractivity contribution in [3.63, 3.8) is 0 Å². The maximum absolute atomic E-state index is 13.4. The third kappa shape index (κ3) is 1.18. The largest absolute Gasteiger partial charge is 0.633 e. The highest BCUT2D eigenvalue weighted by Gasteiger charge is 2.77. The van der Waals surface area contributed by atoms with Gasteiger partial charge in [0.05, 0.1) is 54.6 Å². The molecule has 0 radical (unpaired) electrons. The molecule has 7 rings (SSSR count). The van der Waals surface area contributed by atoms with Gasteiger partial charge in [-0.3, -0.25) is 4.99 Å². The van der Waals surface area contributed by atoms with Crippen molar-refractivity contribution in [3.8, 4) is 0 Å². The average molecular weight is 322 g/mol. The third-order valence-electron chi connectivity index (χ3n) is 7.93. The number of fused-ring (bicyclic) bond motifs is 4. The van der Waals surface area contributed by atoms with Crippen LogP contribution in [0.4, 0.5) is 5.69 Å². The summed E-state index contributed by atoms with van der Waals surface area (Å²) < 4.78 is 6.09. The summed E-state index contributed by atoms with van der Waals surface area (Å²) in [5.41, 5.74) is 3.22. The Balaban J connectivity index is 1.72. The molecule has 5 fully saturated rings. The van der Waals surface area contributed by atoms with Gasteiger partial charge in [0.15, 0.2) is 0 Å². The van der Waals surface area contributed by atoms with Crippen LogP contribution in [0.25, 0.3) is 0 Å². The topological polar surface area (TPSA) is 44.7 Å². The van der Waals surface area contributed by atoms with Gasteiger partial charge in [0.25, 0.3) is 0 Å². The van der Waals surface area contributed by atoms with Crippen molar-refractivity contribution in [1.82, 2.24) is 0 Å². The Bertz CT molecular complexity index is 816. The number of benzene rings is 1. The van der Waals surface area contributed by atoms with Crippen molar-refractivity contribution in [3.05, 3.63) is 47.7 Å². The highest BCUT2D eigenvalue weighted by molar-refractivity contribution is 6.07. The Hall–Kier alpha value is -1.49. The van der Waals surface area contributed by atoms with Crippen LogP contribution in [0.1, 0.15) is 18.4 Å². The van der Waals surface area contributed by atoms with Crippen LogP contribution in [-0.4, -0.2) is 42.7 Å². The molecule has 3 saturated heterocycles. The first kappa shape index (κ1) is 13.8. The fourth-order valence-electron chi connectivity index (χ4n) is 7.17. The molecule has 124 valence electrons. The van der Waals surface area contributed by atoms with E-state index in [0.717, 1.165) is 18.5 Å². The van der Waals surface area contributed by atoms with Gasteiger partial charge < -0.3 is 14.6 Å². The van der Waals surface area contributed by atoms with Crippen LogP contribution in [0, 0.1) is 22.5 Å². The third-order valence-corrected chi connectivity index (χ3v) is 7.93. The number of ether oxygens (including phenoxy) is 1. The summed E-state index contributed by atoms with van der Waals surface area (Å²) >= 11 is 0. The van der Waals surface area contributed by atoms with Crippen molar-refractivity contribution in [2.45, 2.75) is 30.4 Å². The molecular formula is C20H22N2O2. The SMILES string of the molecule is C=C[C@@]12C[N@@+](C)([O-])[C@H]3C[C@@]14C(=Nc1ccccc14)[C@H]1C[C@H]2[C@H]3CO1. The second kappa shape index (κ2) is 3.85. The second-order valence-corrected chi connectivity index (χ2v) is 8.60. The predicted octanol–water partition coefficient (Wildman–Crippen LogP) is 2.95. The fraction of sp³-hybridized carbons (Fsp3) is 0.550. The van der Waals surface area contributed by atoms with Crippen molar-refractivity contribution >= 4 is 11.4 Å². The first-order valence-electron chi connectivity index (χ1n) is 9.03. The molecule has 0 unspecified atom stereocenters. The molecule has 1 aromatic rings. The molecule has 0 aromatic heterocycles. The minimum Gasteiger partial charge on any atom is -0.633 e. The molecular weight excluding hydrogens is 300 g/mol. The highest BCUT2D eigenvalue weighted by atomic mass is 16.5. The molecule has 4 aliphatic heterocycles. The zero-order valence-electron chi connectivity index (χ0n) is 13.9. The minimum absolute atomic E-state index is 0.106. The summed E-state index contributed by atoms with van der Waals surface area (Å²) in [5.74, 6) is 0.855. The molecule has 1 spiro atoms. The lowest BCUT2D eigenvalue weighted by Gasteiger charge is -2.74. The number of nitrogens with zero attached hydrogens (tertiary/aromatic N) is 2. The smallest absolute Gasteiger partial charge is 0.0968 e. The number of piperidine rings is 2. The van der Waals surface area contributed by atoms with Gasteiger partial charge in [0.2, 0.25) is 0 Å². The van der Waals surface area contributed by atoms with Crippen LogP contribution in [0.2, 0.25) is 0 Å². The Morgan fingerprint density at radius 3 is 3.08 bits per heavy atom. The van der Waals surface area contributed by atoms with Crippen molar-refractivity contribution < 1.29 is 9.38 Å². The van der Waals surface area contributed by atoms with Gasteiger partial charge >= 0.3 is 0 Å². The summed E-state index contributed by atoms with van der Waals surface area (Å²) in [6.07, 6.45) is 4.15. The molecule has 0 amide bonds. The standard InChI is InChI=1S/C20H22N2O2/c1-3-19-11-22(2,23)16-9-20(19)13-6-4-5-7-15(13)21-18(20)17-8-14(19)12(16)10-24-17/h3-7,12,14,16-17H,1,8-11H2,2H3/t12-,14+,16+,17-,19+,20-,22-/m1/s1. The van der Waals surface area contributed by atoms with Crippen LogP contribution in [0.3, 0.4) is 0 Å². The molecule has 2 aliphatic carbocycles. The number of hydrogen-bond donors (Lipinski definition) is 0. The molecule has 4 heterocycles. The number of quaternary nitrogens is 1. The maximum atomic E-state index is 13.4. The number of hydrogen-bond acceptors (Lipinski definition) is 3. The summed E-state index contributed by atoms with van der Waals surface area (Å²) in [4.78, 5) is 5.06. The quantitative estimate of drug-likeness (QED) is 0.453. The normalized spacial score (nSPS) is 52.7. The molecule has 2 saturated carbocycles. The zero-order chi connectivity index (χ0) is 16.3. The molecule has 6 aliphatic rings. The molecule has 0 N–H and O–H groups in total. The van der Waals surface area contributed by atoms with E-state index in [1.807, 2.05) is 7.05 Å². The van der Waals surface area contributed by atoms with Crippen molar-refractivity contribution in [2.75, 3.05) is 20.2 Å². The first-order chi connectivity index (χ1) is 11.5. The molecule has 24 heavy (non-hydrogen) atoms. The van der Waals surface area contributed by atoms with Crippen LogP contribution in [-0.2, 0) is 10.2 Å². The number of aliphatic imine (C=N–C) groups is 1. The number of rotatable bonds is 1. The van der Waals surface area contributed by atoms with Crippen LogP contribution < -0.4 is 0 Å². The Kier molecular flexibility index (Phi) is 2.20.